The summed E-state index contributed by atoms with van der Waals surface area (Å²) >= 11 is 0. The Kier molecular flexibility index (Phi) is 3.74. The average Bonchev–Trinajstić information content (AvgIpc) is 2.65. The maximum Gasteiger partial charge on any atom is 0.251 e. The predicted molar refractivity (Wildman–Crippen MR) is 78.0 cm³/mol. The van der Waals surface area contributed by atoms with Gasteiger partial charge in [-0.05, 0) is 31.5 Å². The van der Waals surface area contributed by atoms with Crippen LogP contribution in [0.2, 0.25) is 0 Å². The zero-order valence-electron chi connectivity index (χ0n) is 11.6. The van der Waals surface area contributed by atoms with E-state index in [0.717, 1.165) is 22.5 Å². The number of halogens is 1. The number of aromatic nitrogens is 1. The molecule has 0 saturated heterocycles. The molecule has 4 heteroatoms. The number of hydrogen-bond donors (Lipinski definition) is 1. The van der Waals surface area contributed by atoms with Crippen molar-refractivity contribution in [2.24, 2.45) is 5.73 Å². The van der Waals surface area contributed by atoms with Crippen molar-refractivity contribution in [3.63, 3.8) is 0 Å². The summed E-state index contributed by atoms with van der Waals surface area (Å²) in [5.41, 5.74) is 9.25. The summed E-state index contributed by atoms with van der Waals surface area (Å²) in [6.45, 7) is 8.09. The van der Waals surface area contributed by atoms with Crippen LogP contribution in [-0.2, 0) is 6.54 Å². The van der Waals surface area contributed by atoms with E-state index in [4.69, 9.17) is 5.73 Å². The van der Waals surface area contributed by atoms with Gasteiger partial charge in [-0.2, -0.15) is 0 Å². The van der Waals surface area contributed by atoms with Crippen molar-refractivity contribution in [2.75, 3.05) is 0 Å². The normalized spacial score (nSPS) is 10.6. The summed E-state index contributed by atoms with van der Waals surface area (Å²) in [6.07, 6.45) is 1.76. The third kappa shape index (κ3) is 2.25. The average molecular weight is 272 g/mol. The molecule has 0 aliphatic heterocycles. The minimum atomic E-state index is -0.479. The highest BCUT2D eigenvalue weighted by Gasteiger charge is 2.21. The van der Waals surface area contributed by atoms with Crippen molar-refractivity contribution >= 4 is 5.91 Å². The van der Waals surface area contributed by atoms with Gasteiger partial charge in [0.1, 0.15) is 5.82 Å². The topological polar surface area (TPSA) is 48.0 Å². The van der Waals surface area contributed by atoms with Crippen molar-refractivity contribution < 1.29 is 9.18 Å². The Morgan fingerprint density at radius 1 is 1.30 bits per heavy atom. The van der Waals surface area contributed by atoms with Crippen LogP contribution in [0, 0.1) is 19.7 Å². The van der Waals surface area contributed by atoms with Gasteiger partial charge in [0.15, 0.2) is 0 Å². The maximum atomic E-state index is 13.1. The number of rotatable bonds is 4. The van der Waals surface area contributed by atoms with Crippen molar-refractivity contribution in [1.82, 2.24) is 4.57 Å². The standard InChI is InChI=1S/C16H17FN2O/c1-4-9-19-10(2)14(15(11(19)3)16(18)20)12-5-7-13(17)8-6-12/h4-8H,1,9H2,2-3H3,(H2,18,20). The summed E-state index contributed by atoms with van der Waals surface area (Å²) < 4.78 is 15.0. The summed E-state index contributed by atoms with van der Waals surface area (Å²) in [6, 6.07) is 6.06. The van der Waals surface area contributed by atoms with Gasteiger partial charge in [-0.3, -0.25) is 4.79 Å². The Labute approximate surface area is 117 Å². The van der Waals surface area contributed by atoms with E-state index in [9.17, 15) is 9.18 Å². The minimum absolute atomic E-state index is 0.311. The first kappa shape index (κ1) is 14.1. The van der Waals surface area contributed by atoms with Gasteiger partial charge in [0.05, 0.1) is 5.56 Å². The highest BCUT2D eigenvalue weighted by Crippen LogP contribution is 2.32. The van der Waals surface area contributed by atoms with Crippen molar-refractivity contribution in [2.45, 2.75) is 20.4 Å². The number of benzene rings is 1. The van der Waals surface area contributed by atoms with Gasteiger partial charge >= 0.3 is 0 Å². The van der Waals surface area contributed by atoms with Gasteiger partial charge < -0.3 is 10.3 Å². The first-order valence-electron chi connectivity index (χ1n) is 6.33. The third-order valence-electron chi connectivity index (χ3n) is 3.47. The summed E-state index contributed by atoms with van der Waals surface area (Å²) in [5.74, 6) is -0.790. The van der Waals surface area contributed by atoms with Crippen LogP contribution in [0.15, 0.2) is 36.9 Å². The van der Waals surface area contributed by atoms with E-state index in [2.05, 4.69) is 6.58 Å². The lowest BCUT2D eigenvalue weighted by atomic mass is 10.00. The van der Waals surface area contributed by atoms with Crippen LogP contribution in [0.3, 0.4) is 0 Å². The molecule has 0 unspecified atom stereocenters. The van der Waals surface area contributed by atoms with Gasteiger partial charge in [0.2, 0.25) is 0 Å². The first-order valence-corrected chi connectivity index (χ1v) is 6.33. The van der Waals surface area contributed by atoms with Gasteiger partial charge in [0.25, 0.3) is 5.91 Å². The highest BCUT2D eigenvalue weighted by atomic mass is 19.1. The quantitative estimate of drug-likeness (QED) is 0.854. The van der Waals surface area contributed by atoms with E-state index in [1.807, 2.05) is 18.4 Å². The molecule has 2 aromatic rings. The van der Waals surface area contributed by atoms with E-state index in [0.29, 0.717) is 12.1 Å². The van der Waals surface area contributed by atoms with Gasteiger partial charge in [-0.15, -0.1) is 6.58 Å². The summed E-state index contributed by atoms with van der Waals surface area (Å²) in [7, 11) is 0. The number of amides is 1. The first-order chi connectivity index (χ1) is 9.47. The fourth-order valence-electron chi connectivity index (χ4n) is 2.56. The highest BCUT2D eigenvalue weighted by molar-refractivity contribution is 6.02. The molecule has 0 radical (unpaired) electrons. The predicted octanol–water partition coefficient (Wildman–Crippen LogP) is 3.20. The lowest BCUT2D eigenvalue weighted by molar-refractivity contribution is 0.1000. The second kappa shape index (κ2) is 5.33. The molecule has 2 N–H and O–H groups in total. The molecule has 3 nitrogen and oxygen atoms in total. The van der Waals surface area contributed by atoms with Gasteiger partial charge in [0, 0.05) is 23.5 Å². The van der Waals surface area contributed by atoms with Crippen LogP contribution in [0.5, 0.6) is 0 Å². The van der Waals surface area contributed by atoms with E-state index < -0.39 is 5.91 Å². The molecule has 0 atom stereocenters. The second-order valence-electron chi connectivity index (χ2n) is 4.69. The molecule has 1 heterocycles. The lowest BCUT2D eigenvalue weighted by Crippen LogP contribution is -2.13. The molecule has 20 heavy (non-hydrogen) atoms. The fraction of sp³-hybridized carbons (Fsp3) is 0.188. The van der Waals surface area contributed by atoms with E-state index in [1.165, 1.54) is 12.1 Å². The number of hydrogen-bond acceptors (Lipinski definition) is 1. The molecule has 0 aliphatic carbocycles. The molecule has 2 rings (SSSR count). The Morgan fingerprint density at radius 2 is 1.90 bits per heavy atom. The fourth-order valence-corrected chi connectivity index (χ4v) is 2.56. The number of allylic oxidation sites excluding steroid dienone is 1. The number of carbonyl (C=O) groups is 1. The molecule has 1 aromatic heterocycles. The SMILES string of the molecule is C=CCn1c(C)c(C(N)=O)c(-c2ccc(F)cc2)c1C. The van der Waals surface area contributed by atoms with Crippen LogP contribution in [-0.4, -0.2) is 10.5 Å². The van der Waals surface area contributed by atoms with Gasteiger partial charge in [-0.25, -0.2) is 4.39 Å². The summed E-state index contributed by atoms with van der Waals surface area (Å²) in [4.78, 5) is 11.8. The van der Waals surface area contributed by atoms with E-state index in [1.54, 1.807) is 18.2 Å². The van der Waals surface area contributed by atoms with Crippen molar-refractivity contribution in [3.05, 3.63) is 59.7 Å². The monoisotopic (exact) mass is 272 g/mol. The molecule has 1 aromatic carbocycles. The molecule has 0 bridgehead atoms. The zero-order valence-corrected chi connectivity index (χ0v) is 11.6. The van der Waals surface area contributed by atoms with Crippen LogP contribution in [0.25, 0.3) is 11.1 Å². The van der Waals surface area contributed by atoms with Gasteiger partial charge in [-0.1, -0.05) is 18.2 Å². The van der Waals surface area contributed by atoms with Crippen LogP contribution in [0.1, 0.15) is 21.7 Å². The zero-order chi connectivity index (χ0) is 14.9. The molecule has 1 amide bonds. The Bertz CT molecular complexity index is 669. The largest absolute Gasteiger partial charge is 0.366 e. The molecule has 0 saturated carbocycles. The molecular weight excluding hydrogens is 255 g/mol. The molecule has 104 valence electrons. The van der Waals surface area contributed by atoms with Crippen molar-refractivity contribution in [1.29, 1.82) is 0 Å². The molecule has 0 spiro atoms. The van der Waals surface area contributed by atoms with Crippen molar-refractivity contribution in [3.8, 4) is 11.1 Å². The number of nitrogens with two attached hydrogens (primary N) is 1. The van der Waals surface area contributed by atoms with Crippen LogP contribution < -0.4 is 5.73 Å². The number of nitrogens with zero attached hydrogens (tertiary/aromatic N) is 1. The lowest BCUT2D eigenvalue weighted by Gasteiger charge is -2.06. The molecular formula is C16H17FN2O. The molecule has 0 fully saturated rings. The summed E-state index contributed by atoms with van der Waals surface area (Å²) in [5, 5.41) is 0. The smallest absolute Gasteiger partial charge is 0.251 e. The Morgan fingerprint density at radius 3 is 2.40 bits per heavy atom. The van der Waals surface area contributed by atoms with E-state index in [-0.39, 0.29) is 5.82 Å². The number of carbonyl (C=O) groups excluding carboxylic acids is 1. The van der Waals surface area contributed by atoms with Crippen LogP contribution in [0.4, 0.5) is 4.39 Å². The number of primary amides is 1. The Balaban J connectivity index is 2.73. The third-order valence-corrected chi connectivity index (χ3v) is 3.47. The second-order valence-corrected chi connectivity index (χ2v) is 4.69. The molecule has 0 aliphatic rings. The van der Waals surface area contributed by atoms with E-state index >= 15 is 0 Å². The van der Waals surface area contributed by atoms with Crippen LogP contribution >= 0.6 is 0 Å². The Hall–Kier alpha value is -2.36. The minimum Gasteiger partial charge on any atom is -0.366 e. The maximum absolute atomic E-state index is 13.1.